The molecule has 1 aliphatic heterocycles. The third-order valence-electron chi connectivity index (χ3n) is 5.04. The van der Waals surface area contributed by atoms with Crippen LogP contribution in [0.15, 0.2) is 42.5 Å². The molecule has 1 fully saturated rings. The molecule has 0 saturated carbocycles. The summed E-state index contributed by atoms with van der Waals surface area (Å²) in [5.41, 5.74) is 4.83. The Labute approximate surface area is 161 Å². The van der Waals surface area contributed by atoms with E-state index in [9.17, 15) is 4.79 Å². The number of nitrogens with zero attached hydrogens (tertiary/aromatic N) is 2. The number of aryl methyl sites for hydroxylation is 2. The van der Waals surface area contributed by atoms with Crippen LogP contribution in [0.1, 0.15) is 16.7 Å². The minimum atomic E-state index is 0.0190. The van der Waals surface area contributed by atoms with Gasteiger partial charge in [0.15, 0.2) is 0 Å². The van der Waals surface area contributed by atoms with E-state index in [1.54, 1.807) is 7.11 Å². The first kappa shape index (κ1) is 19.1. The Morgan fingerprint density at radius 3 is 2.48 bits per heavy atom. The number of carbonyl (C=O) groups is 1. The highest BCUT2D eigenvalue weighted by Gasteiger charge is 2.21. The lowest BCUT2D eigenvalue weighted by Crippen LogP contribution is -2.52. The lowest BCUT2D eigenvalue weighted by molar-refractivity contribution is 0.194. The Hall–Kier alpha value is -2.69. The molecule has 1 heterocycles. The molecule has 3 rings (SSSR count). The lowest BCUT2D eigenvalue weighted by atomic mass is 10.1. The van der Waals surface area contributed by atoms with Gasteiger partial charge in [0.05, 0.1) is 7.11 Å². The lowest BCUT2D eigenvalue weighted by Gasteiger charge is -2.36. The normalized spacial score (nSPS) is 14.2. The quantitative estimate of drug-likeness (QED) is 0.881. The molecule has 0 atom stereocenters. The van der Waals surface area contributed by atoms with E-state index in [0.29, 0.717) is 6.54 Å². The van der Waals surface area contributed by atoms with Gasteiger partial charge in [0.2, 0.25) is 0 Å². The van der Waals surface area contributed by atoms with Crippen molar-refractivity contribution in [3.8, 4) is 5.75 Å². The molecule has 1 aliphatic rings. The summed E-state index contributed by atoms with van der Waals surface area (Å²) in [6, 6.07) is 14.7. The summed E-state index contributed by atoms with van der Waals surface area (Å²) >= 11 is 0. The zero-order chi connectivity index (χ0) is 19.2. The molecule has 0 bridgehead atoms. The van der Waals surface area contributed by atoms with Crippen LogP contribution in [0.2, 0.25) is 0 Å². The van der Waals surface area contributed by atoms with Crippen LogP contribution < -0.4 is 15.0 Å². The zero-order valence-electron chi connectivity index (χ0n) is 16.5. The van der Waals surface area contributed by atoms with E-state index in [0.717, 1.165) is 43.9 Å². The largest absolute Gasteiger partial charge is 0.496 e. The number of methoxy groups -OCH3 is 1. The van der Waals surface area contributed by atoms with Crippen LogP contribution in [0.25, 0.3) is 0 Å². The molecule has 0 radical (unpaired) electrons. The molecule has 2 amide bonds. The Kier molecular flexibility index (Phi) is 6.22. The van der Waals surface area contributed by atoms with Gasteiger partial charge in [0.1, 0.15) is 5.75 Å². The summed E-state index contributed by atoms with van der Waals surface area (Å²) in [5, 5.41) is 3.05. The van der Waals surface area contributed by atoms with Gasteiger partial charge in [0.25, 0.3) is 0 Å². The van der Waals surface area contributed by atoms with Crippen LogP contribution in [0.3, 0.4) is 0 Å². The second-order valence-electron chi connectivity index (χ2n) is 7.11. The van der Waals surface area contributed by atoms with Crippen molar-refractivity contribution in [3.05, 3.63) is 59.2 Å². The molecule has 0 aliphatic carbocycles. The van der Waals surface area contributed by atoms with Gasteiger partial charge in [-0.3, -0.25) is 0 Å². The summed E-state index contributed by atoms with van der Waals surface area (Å²) in [4.78, 5) is 16.7. The van der Waals surface area contributed by atoms with Crippen molar-refractivity contribution in [2.75, 3.05) is 44.7 Å². The van der Waals surface area contributed by atoms with Crippen LogP contribution in [-0.2, 0) is 6.42 Å². The number of piperazine rings is 1. The van der Waals surface area contributed by atoms with Crippen molar-refractivity contribution in [1.29, 1.82) is 0 Å². The van der Waals surface area contributed by atoms with E-state index >= 15 is 0 Å². The molecule has 5 heteroatoms. The average Bonchev–Trinajstić information content (AvgIpc) is 2.68. The summed E-state index contributed by atoms with van der Waals surface area (Å²) in [6.45, 7) is 7.99. The highest BCUT2D eigenvalue weighted by Crippen LogP contribution is 2.20. The first-order chi connectivity index (χ1) is 13.1. The van der Waals surface area contributed by atoms with E-state index < -0.39 is 0 Å². The van der Waals surface area contributed by atoms with E-state index in [4.69, 9.17) is 4.74 Å². The standard InChI is InChI=1S/C22H29N3O2/c1-17-5-4-6-20(16-17)24-11-13-25(14-12-24)22(26)23-10-9-19-15-18(2)7-8-21(19)27-3/h4-8,15-16H,9-14H2,1-3H3,(H,23,26). The summed E-state index contributed by atoms with van der Waals surface area (Å²) in [6.07, 6.45) is 0.764. The minimum absolute atomic E-state index is 0.0190. The van der Waals surface area contributed by atoms with Gasteiger partial charge in [-0.1, -0.05) is 29.8 Å². The molecular weight excluding hydrogens is 338 g/mol. The first-order valence-corrected chi connectivity index (χ1v) is 9.55. The number of nitrogens with one attached hydrogen (secondary N) is 1. The number of hydrogen-bond donors (Lipinski definition) is 1. The predicted octanol–water partition coefficient (Wildman–Crippen LogP) is 3.39. The molecule has 5 nitrogen and oxygen atoms in total. The third-order valence-corrected chi connectivity index (χ3v) is 5.04. The SMILES string of the molecule is COc1ccc(C)cc1CCNC(=O)N1CCN(c2cccc(C)c2)CC1. The van der Waals surface area contributed by atoms with Crippen LogP contribution >= 0.6 is 0 Å². The number of benzene rings is 2. The molecular formula is C22H29N3O2. The number of rotatable bonds is 5. The molecule has 144 valence electrons. The second-order valence-corrected chi connectivity index (χ2v) is 7.11. The van der Waals surface area contributed by atoms with E-state index in [2.05, 4.69) is 54.4 Å². The smallest absolute Gasteiger partial charge is 0.317 e. The van der Waals surface area contributed by atoms with Gasteiger partial charge < -0.3 is 19.9 Å². The Balaban J connectivity index is 1.47. The Morgan fingerprint density at radius 2 is 1.78 bits per heavy atom. The summed E-state index contributed by atoms with van der Waals surface area (Å²) in [7, 11) is 1.68. The topological polar surface area (TPSA) is 44.8 Å². The number of carbonyl (C=O) groups excluding carboxylic acids is 1. The van der Waals surface area contributed by atoms with Crippen LogP contribution in [0.5, 0.6) is 5.75 Å². The fourth-order valence-electron chi connectivity index (χ4n) is 3.51. The molecule has 27 heavy (non-hydrogen) atoms. The highest BCUT2D eigenvalue weighted by molar-refractivity contribution is 5.74. The number of hydrogen-bond acceptors (Lipinski definition) is 3. The monoisotopic (exact) mass is 367 g/mol. The van der Waals surface area contributed by atoms with Crippen LogP contribution in [0, 0.1) is 13.8 Å². The summed E-state index contributed by atoms with van der Waals surface area (Å²) < 4.78 is 5.41. The molecule has 0 spiro atoms. The average molecular weight is 367 g/mol. The van der Waals surface area contributed by atoms with Crippen molar-refractivity contribution in [2.45, 2.75) is 20.3 Å². The van der Waals surface area contributed by atoms with Crippen molar-refractivity contribution >= 4 is 11.7 Å². The van der Waals surface area contributed by atoms with Crippen molar-refractivity contribution in [3.63, 3.8) is 0 Å². The summed E-state index contributed by atoms with van der Waals surface area (Å²) in [5.74, 6) is 0.876. The maximum absolute atomic E-state index is 12.5. The third kappa shape index (κ3) is 4.94. The van der Waals surface area contributed by atoms with Crippen LogP contribution in [-0.4, -0.2) is 50.8 Å². The van der Waals surface area contributed by atoms with Gasteiger partial charge >= 0.3 is 6.03 Å². The molecule has 0 unspecified atom stereocenters. The van der Waals surface area contributed by atoms with Crippen molar-refractivity contribution in [2.24, 2.45) is 0 Å². The van der Waals surface area contributed by atoms with Crippen molar-refractivity contribution in [1.82, 2.24) is 10.2 Å². The minimum Gasteiger partial charge on any atom is -0.496 e. The predicted molar refractivity (Wildman–Crippen MR) is 110 cm³/mol. The number of ether oxygens (including phenoxy) is 1. The van der Waals surface area contributed by atoms with E-state index in [1.807, 2.05) is 17.0 Å². The van der Waals surface area contributed by atoms with Gasteiger partial charge in [-0.15, -0.1) is 0 Å². The van der Waals surface area contributed by atoms with E-state index in [1.165, 1.54) is 16.8 Å². The number of amides is 2. The van der Waals surface area contributed by atoms with E-state index in [-0.39, 0.29) is 6.03 Å². The van der Waals surface area contributed by atoms with Gasteiger partial charge in [0, 0.05) is 38.4 Å². The molecule has 2 aromatic carbocycles. The molecule has 0 aromatic heterocycles. The molecule has 1 N–H and O–H groups in total. The molecule has 2 aromatic rings. The number of anilines is 1. The maximum atomic E-state index is 12.5. The fourth-order valence-corrected chi connectivity index (χ4v) is 3.51. The van der Waals surface area contributed by atoms with Gasteiger partial charge in [-0.05, 0) is 49.6 Å². The Bertz CT molecular complexity index is 783. The molecule has 1 saturated heterocycles. The maximum Gasteiger partial charge on any atom is 0.317 e. The Morgan fingerprint density at radius 1 is 1.04 bits per heavy atom. The van der Waals surface area contributed by atoms with Crippen molar-refractivity contribution < 1.29 is 9.53 Å². The first-order valence-electron chi connectivity index (χ1n) is 9.55. The van der Waals surface area contributed by atoms with Crippen LogP contribution in [0.4, 0.5) is 10.5 Å². The van der Waals surface area contributed by atoms with Gasteiger partial charge in [-0.2, -0.15) is 0 Å². The highest BCUT2D eigenvalue weighted by atomic mass is 16.5. The number of urea groups is 1. The van der Waals surface area contributed by atoms with Gasteiger partial charge in [-0.25, -0.2) is 4.79 Å². The second kappa shape index (κ2) is 8.80. The zero-order valence-corrected chi connectivity index (χ0v) is 16.5. The fraction of sp³-hybridized carbons (Fsp3) is 0.409.